The van der Waals surface area contributed by atoms with Gasteiger partial charge in [0, 0.05) is 43.9 Å². The van der Waals surface area contributed by atoms with Gasteiger partial charge >= 0.3 is 0 Å². The first-order chi connectivity index (χ1) is 13.5. The number of aryl methyl sites for hydroxylation is 1. The van der Waals surface area contributed by atoms with Crippen molar-refractivity contribution in [1.29, 1.82) is 0 Å². The number of aromatic nitrogens is 5. The third-order valence-electron chi connectivity index (χ3n) is 4.62. The Bertz CT molecular complexity index is 1160. The van der Waals surface area contributed by atoms with Crippen LogP contribution in [0.1, 0.15) is 16.1 Å². The van der Waals surface area contributed by atoms with Crippen LogP contribution in [0.4, 0.5) is 5.82 Å². The highest BCUT2D eigenvalue weighted by Gasteiger charge is 2.12. The van der Waals surface area contributed by atoms with E-state index >= 15 is 0 Å². The smallest absolute Gasteiger partial charge is 0.169 e. The van der Waals surface area contributed by atoms with E-state index < -0.39 is 0 Å². The van der Waals surface area contributed by atoms with Crippen LogP contribution in [0, 0.1) is 0 Å². The number of hydrogen-bond donors (Lipinski definition) is 0. The monoisotopic (exact) mass is 372 g/mol. The Morgan fingerprint density at radius 1 is 1.11 bits per heavy atom. The first-order valence-electron chi connectivity index (χ1n) is 8.91. The molecular weight excluding hydrogens is 352 g/mol. The predicted octanol–water partition coefficient (Wildman–Crippen LogP) is 2.92. The second-order valence-electron chi connectivity index (χ2n) is 6.90. The van der Waals surface area contributed by atoms with Crippen LogP contribution in [0.3, 0.4) is 0 Å². The first kappa shape index (κ1) is 17.8. The lowest BCUT2D eigenvalue weighted by Gasteiger charge is -2.11. The molecule has 0 N–H and O–H groups in total. The van der Waals surface area contributed by atoms with Gasteiger partial charge < -0.3 is 9.47 Å². The highest BCUT2D eigenvalue weighted by Crippen LogP contribution is 2.23. The molecule has 0 aliphatic heterocycles. The largest absolute Gasteiger partial charge is 0.363 e. The van der Waals surface area contributed by atoms with Crippen LogP contribution >= 0.6 is 0 Å². The van der Waals surface area contributed by atoms with Crippen LogP contribution in [0.15, 0.2) is 55.1 Å². The van der Waals surface area contributed by atoms with Gasteiger partial charge in [-0.2, -0.15) is 10.2 Å². The van der Waals surface area contributed by atoms with Crippen molar-refractivity contribution in [2.75, 3.05) is 19.0 Å². The van der Waals surface area contributed by atoms with Gasteiger partial charge in [0.15, 0.2) is 5.78 Å². The molecule has 0 saturated carbocycles. The molecule has 28 heavy (non-hydrogen) atoms. The number of benzene rings is 1. The summed E-state index contributed by atoms with van der Waals surface area (Å²) in [4.78, 5) is 23.0. The van der Waals surface area contributed by atoms with Gasteiger partial charge in [-0.3, -0.25) is 4.79 Å². The van der Waals surface area contributed by atoms with Crippen molar-refractivity contribution in [1.82, 2.24) is 24.7 Å². The molecule has 0 spiro atoms. The summed E-state index contributed by atoms with van der Waals surface area (Å²) >= 11 is 0. The zero-order valence-corrected chi connectivity index (χ0v) is 16.0. The zero-order chi connectivity index (χ0) is 19.7. The summed E-state index contributed by atoms with van der Waals surface area (Å²) in [7, 11) is 5.74. The molecular formula is C21H20N6O. The highest BCUT2D eigenvalue weighted by molar-refractivity contribution is 5.98. The van der Waals surface area contributed by atoms with Gasteiger partial charge in [-0.15, -0.1) is 0 Å². The van der Waals surface area contributed by atoms with E-state index in [1.807, 2.05) is 61.1 Å². The quantitative estimate of drug-likeness (QED) is 0.501. The van der Waals surface area contributed by atoms with Crippen molar-refractivity contribution in [2.24, 2.45) is 7.05 Å². The predicted molar refractivity (Wildman–Crippen MR) is 108 cm³/mol. The number of imidazole rings is 1. The molecule has 0 amide bonds. The molecule has 7 heteroatoms. The number of ketones is 1. The van der Waals surface area contributed by atoms with Crippen LogP contribution in [-0.2, 0) is 13.5 Å². The molecule has 4 aromatic rings. The third-order valence-corrected chi connectivity index (χ3v) is 4.62. The molecule has 0 aliphatic rings. The minimum absolute atomic E-state index is 0.0121. The summed E-state index contributed by atoms with van der Waals surface area (Å²) in [6.07, 6.45) is 5.43. The fourth-order valence-electron chi connectivity index (χ4n) is 3.07. The molecule has 1 aromatic carbocycles. The van der Waals surface area contributed by atoms with E-state index in [0.717, 1.165) is 28.0 Å². The van der Waals surface area contributed by atoms with E-state index in [1.165, 1.54) is 0 Å². The fraction of sp³-hybridized carbons (Fsp3) is 0.190. The first-order valence-corrected chi connectivity index (χ1v) is 8.91. The fourth-order valence-corrected chi connectivity index (χ4v) is 3.07. The van der Waals surface area contributed by atoms with Crippen LogP contribution in [0.25, 0.3) is 22.2 Å². The Labute approximate surface area is 162 Å². The van der Waals surface area contributed by atoms with E-state index in [9.17, 15) is 4.79 Å². The average molecular weight is 372 g/mol. The zero-order valence-electron chi connectivity index (χ0n) is 16.0. The summed E-state index contributed by atoms with van der Waals surface area (Å²) in [5, 5.41) is 9.44. The summed E-state index contributed by atoms with van der Waals surface area (Å²) < 4.78 is 1.96. The molecule has 3 aromatic heterocycles. The van der Waals surface area contributed by atoms with Crippen molar-refractivity contribution in [3.8, 4) is 11.3 Å². The van der Waals surface area contributed by atoms with E-state index in [-0.39, 0.29) is 12.2 Å². The number of carbonyl (C=O) groups excluding carboxylic acids is 1. The van der Waals surface area contributed by atoms with E-state index in [1.54, 1.807) is 24.7 Å². The minimum atomic E-state index is -0.0121. The third kappa shape index (κ3) is 3.46. The maximum Gasteiger partial charge on any atom is 0.169 e. The van der Waals surface area contributed by atoms with Crippen molar-refractivity contribution in [3.05, 3.63) is 66.4 Å². The summed E-state index contributed by atoms with van der Waals surface area (Å²) in [5.74, 6) is 0.734. The van der Waals surface area contributed by atoms with Crippen LogP contribution in [-0.4, -0.2) is 44.6 Å². The lowest BCUT2D eigenvalue weighted by Crippen LogP contribution is -2.12. The van der Waals surface area contributed by atoms with E-state index in [2.05, 4.69) is 20.2 Å². The molecule has 3 heterocycles. The van der Waals surface area contributed by atoms with Gasteiger partial charge in [0.2, 0.25) is 0 Å². The maximum atomic E-state index is 12.7. The molecule has 0 unspecified atom stereocenters. The Kier molecular flexibility index (Phi) is 4.57. The second kappa shape index (κ2) is 7.19. The number of rotatable bonds is 5. The summed E-state index contributed by atoms with van der Waals surface area (Å²) in [6.45, 7) is 0. The molecule has 0 bridgehead atoms. The van der Waals surface area contributed by atoms with Crippen molar-refractivity contribution in [3.63, 3.8) is 0 Å². The SMILES string of the molecule is CN(C)c1cc(C(=O)Cc2cc3cc(-c4cncn4C)ccc3nn2)ccn1. The number of carbonyl (C=O) groups is 1. The topological polar surface area (TPSA) is 76.8 Å². The molecule has 140 valence electrons. The normalized spacial score (nSPS) is 11.0. The van der Waals surface area contributed by atoms with Gasteiger partial charge in [-0.1, -0.05) is 6.07 Å². The van der Waals surface area contributed by atoms with Crippen molar-refractivity contribution in [2.45, 2.75) is 6.42 Å². The van der Waals surface area contributed by atoms with Gasteiger partial charge in [0.25, 0.3) is 0 Å². The number of pyridine rings is 1. The molecule has 0 radical (unpaired) electrons. The Morgan fingerprint density at radius 3 is 2.71 bits per heavy atom. The summed E-state index contributed by atoms with van der Waals surface area (Å²) in [5.41, 5.74) is 4.11. The molecule has 0 saturated heterocycles. The second-order valence-corrected chi connectivity index (χ2v) is 6.90. The number of hydrogen-bond acceptors (Lipinski definition) is 6. The lowest BCUT2D eigenvalue weighted by molar-refractivity contribution is 0.0991. The van der Waals surface area contributed by atoms with Crippen molar-refractivity contribution < 1.29 is 4.79 Å². The van der Waals surface area contributed by atoms with Crippen molar-refractivity contribution >= 4 is 22.5 Å². The number of Topliss-reactive ketones (excluding diaryl/α,β-unsaturated/α-hetero) is 1. The average Bonchev–Trinajstić information content (AvgIpc) is 3.13. The lowest BCUT2D eigenvalue weighted by atomic mass is 10.0. The van der Waals surface area contributed by atoms with Crippen LogP contribution in [0.2, 0.25) is 0 Å². The van der Waals surface area contributed by atoms with Gasteiger partial charge in [0.05, 0.1) is 35.8 Å². The molecule has 0 fully saturated rings. The van der Waals surface area contributed by atoms with Gasteiger partial charge in [-0.05, 0) is 30.3 Å². The van der Waals surface area contributed by atoms with Gasteiger partial charge in [-0.25, -0.2) is 9.97 Å². The highest BCUT2D eigenvalue weighted by atomic mass is 16.1. The molecule has 0 atom stereocenters. The summed E-state index contributed by atoms with van der Waals surface area (Å²) in [6, 6.07) is 11.4. The van der Waals surface area contributed by atoms with Gasteiger partial charge in [0.1, 0.15) is 5.82 Å². The standard InChI is InChI=1S/C21H20N6O/c1-26(2)21-10-15(6-7-23-21)20(28)11-17-9-16-8-14(4-5-18(16)25-24-17)19-12-22-13-27(19)3/h4-10,12-13H,11H2,1-3H3. The Hall–Kier alpha value is -3.61. The minimum Gasteiger partial charge on any atom is -0.363 e. The number of anilines is 1. The Morgan fingerprint density at radius 2 is 1.96 bits per heavy atom. The Balaban J connectivity index is 1.63. The van der Waals surface area contributed by atoms with Crippen LogP contribution in [0.5, 0.6) is 0 Å². The number of nitrogens with zero attached hydrogens (tertiary/aromatic N) is 6. The maximum absolute atomic E-state index is 12.7. The molecule has 0 aliphatic carbocycles. The van der Waals surface area contributed by atoms with Crippen LogP contribution < -0.4 is 4.90 Å². The van der Waals surface area contributed by atoms with E-state index in [4.69, 9.17) is 0 Å². The number of fused-ring (bicyclic) bond motifs is 1. The molecule has 4 rings (SSSR count). The van der Waals surface area contributed by atoms with E-state index in [0.29, 0.717) is 11.3 Å². The molecule has 7 nitrogen and oxygen atoms in total.